The number of aromatic nitrogens is 4. The Hall–Kier alpha value is -3.94. The summed E-state index contributed by atoms with van der Waals surface area (Å²) < 4.78 is 27.5. The number of nitrogens with zero attached hydrogens (tertiary/aromatic N) is 5. The van der Waals surface area contributed by atoms with Gasteiger partial charge in [-0.15, -0.1) is 0 Å². The minimum atomic E-state index is -3.78. The van der Waals surface area contributed by atoms with Crippen LogP contribution in [0, 0.1) is 0 Å². The van der Waals surface area contributed by atoms with Crippen LogP contribution in [0.1, 0.15) is 21.6 Å². The Labute approximate surface area is 222 Å². The van der Waals surface area contributed by atoms with E-state index in [4.69, 9.17) is 10.2 Å². The molecule has 0 spiro atoms. The molecular weight excluding hydrogens is 528 g/mol. The SMILES string of the molecule is CN(C)C(=O)c1ccc(-n2nc(-c3cccnc3)c3c2-c2sc(NC(=O)CO)nc2CC3)c(S(C)(=O)=O)c1. The highest BCUT2D eigenvalue weighted by atomic mass is 32.2. The lowest BCUT2D eigenvalue weighted by Gasteiger charge is -2.17. The molecule has 13 heteroatoms. The van der Waals surface area contributed by atoms with E-state index in [1.165, 1.54) is 22.3 Å². The Bertz CT molecular complexity index is 1680. The zero-order chi connectivity index (χ0) is 27.2. The Morgan fingerprint density at radius 2 is 2.00 bits per heavy atom. The Morgan fingerprint density at radius 1 is 1.21 bits per heavy atom. The van der Waals surface area contributed by atoms with Crippen LogP contribution in [0.3, 0.4) is 0 Å². The fourth-order valence-electron chi connectivity index (χ4n) is 4.37. The number of pyridine rings is 1. The second-order valence-corrected chi connectivity index (χ2v) is 12.0. The fourth-order valence-corrected chi connectivity index (χ4v) is 6.33. The predicted molar refractivity (Wildman–Crippen MR) is 142 cm³/mol. The third kappa shape index (κ3) is 4.59. The molecule has 0 radical (unpaired) electrons. The molecule has 0 aliphatic heterocycles. The zero-order valence-corrected chi connectivity index (χ0v) is 22.4. The van der Waals surface area contributed by atoms with Gasteiger partial charge >= 0.3 is 0 Å². The average molecular weight is 553 g/mol. The number of aliphatic hydroxyl groups is 1. The molecule has 4 aromatic rings. The first-order valence-corrected chi connectivity index (χ1v) is 14.3. The first-order valence-electron chi connectivity index (χ1n) is 11.6. The molecule has 3 heterocycles. The quantitative estimate of drug-likeness (QED) is 0.370. The van der Waals surface area contributed by atoms with Crippen LogP contribution >= 0.6 is 11.3 Å². The van der Waals surface area contributed by atoms with Crippen molar-refractivity contribution in [2.45, 2.75) is 17.7 Å². The normalized spacial score (nSPS) is 12.5. The van der Waals surface area contributed by atoms with Gasteiger partial charge in [0.2, 0.25) is 0 Å². The van der Waals surface area contributed by atoms with Crippen LogP contribution < -0.4 is 5.32 Å². The molecule has 0 unspecified atom stereocenters. The Morgan fingerprint density at radius 3 is 2.66 bits per heavy atom. The zero-order valence-electron chi connectivity index (χ0n) is 20.8. The summed E-state index contributed by atoms with van der Waals surface area (Å²) in [5.74, 6) is -0.907. The van der Waals surface area contributed by atoms with Crippen LogP contribution in [-0.4, -0.2) is 76.9 Å². The standard InChI is InChI=1S/C25H24N6O5S2/c1-30(2)24(34)14-6-9-18(19(11-14)38(3,35)36)31-22-16(21(29-31)15-5-4-10-26-12-15)7-8-17-23(22)37-25(27-17)28-20(33)13-32/h4-6,9-12,32H,7-8,13H2,1-3H3,(H,27,28,33). The number of thiazole rings is 1. The number of fused-ring (bicyclic) bond motifs is 3. The number of aryl methyl sites for hydroxylation is 1. The number of benzene rings is 1. The van der Waals surface area contributed by atoms with Crippen molar-refractivity contribution in [1.29, 1.82) is 0 Å². The van der Waals surface area contributed by atoms with E-state index in [0.29, 0.717) is 29.4 Å². The van der Waals surface area contributed by atoms with E-state index in [9.17, 15) is 18.0 Å². The van der Waals surface area contributed by atoms with Gasteiger partial charge in [0.25, 0.3) is 11.8 Å². The van der Waals surface area contributed by atoms with Crippen molar-refractivity contribution in [2.24, 2.45) is 0 Å². The van der Waals surface area contributed by atoms with Crippen molar-refractivity contribution < 1.29 is 23.1 Å². The monoisotopic (exact) mass is 552 g/mol. The van der Waals surface area contributed by atoms with Crippen LogP contribution in [0.2, 0.25) is 0 Å². The number of sulfone groups is 1. The maximum atomic E-state index is 13.0. The van der Waals surface area contributed by atoms with Crippen LogP contribution in [0.4, 0.5) is 5.13 Å². The maximum Gasteiger partial charge on any atom is 0.253 e. The first-order chi connectivity index (χ1) is 18.1. The van der Waals surface area contributed by atoms with Crippen molar-refractivity contribution in [3.8, 4) is 27.5 Å². The molecule has 38 heavy (non-hydrogen) atoms. The molecule has 0 atom stereocenters. The fraction of sp³-hybridized carbons (Fsp3) is 0.240. The van der Waals surface area contributed by atoms with Gasteiger partial charge in [0.15, 0.2) is 15.0 Å². The molecule has 2 amide bonds. The number of nitrogens with one attached hydrogen (secondary N) is 1. The minimum absolute atomic E-state index is 0.0429. The third-order valence-electron chi connectivity index (χ3n) is 6.07. The summed E-state index contributed by atoms with van der Waals surface area (Å²) in [6, 6.07) is 8.21. The van der Waals surface area contributed by atoms with Gasteiger partial charge in [0.1, 0.15) is 6.61 Å². The van der Waals surface area contributed by atoms with Crippen molar-refractivity contribution in [3.05, 3.63) is 59.5 Å². The number of carbonyl (C=O) groups is 2. The predicted octanol–water partition coefficient (Wildman–Crippen LogP) is 2.19. The highest BCUT2D eigenvalue weighted by Crippen LogP contribution is 2.44. The van der Waals surface area contributed by atoms with Gasteiger partial charge in [0.05, 0.1) is 32.5 Å². The van der Waals surface area contributed by atoms with Gasteiger partial charge in [-0.05, 0) is 43.2 Å². The van der Waals surface area contributed by atoms with Crippen LogP contribution in [-0.2, 0) is 27.5 Å². The van der Waals surface area contributed by atoms with Gasteiger partial charge in [-0.3, -0.25) is 19.9 Å². The Kier molecular flexibility index (Phi) is 6.59. The minimum Gasteiger partial charge on any atom is -0.387 e. The second kappa shape index (κ2) is 9.74. The van der Waals surface area contributed by atoms with Crippen LogP contribution in [0.15, 0.2) is 47.6 Å². The molecule has 1 aliphatic rings. The first kappa shape index (κ1) is 25.7. The van der Waals surface area contributed by atoms with Gasteiger partial charge in [-0.25, -0.2) is 18.1 Å². The summed E-state index contributed by atoms with van der Waals surface area (Å²) in [6.07, 6.45) is 5.61. The van der Waals surface area contributed by atoms with E-state index < -0.39 is 22.4 Å². The average Bonchev–Trinajstić information content (AvgIpc) is 3.48. The molecule has 0 fully saturated rings. The lowest BCUT2D eigenvalue weighted by Crippen LogP contribution is -2.22. The number of rotatable bonds is 6. The van der Waals surface area contributed by atoms with E-state index in [1.807, 2.05) is 6.07 Å². The van der Waals surface area contributed by atoms with E-state index in [-0.39, 0.29) is 22.1 Å². The van der Waals surface area contributed by atoms with E-state index in [1.54, 1.807) is 49.4 Å². The number of amides is 2. The molecule has 5 rings (SSSR count). The van der Waals surface area contributed by atoms with Gasteiger partial charge in [0, 0.05) is 49.4 Å². The largest absolute Gasteiger partial charge is 0.387 e. The van der Waals surface area contributed by atoms with E-state index in [2.05, 4.69) is 15.3 Å². The number of hydrogen-bond donors (Lipinski definition) is 2. The lowest BCUT2D eigenvalue weighted by molar-refractivity contribution is -0.118. The highest BCUT2D eigenvalue weighted by Gasteiger charge is 2.32. The number of anilines is 1. The molecule has 196 valence electrons. The molecule has 1 aromatic carbocycles. The van der Waals surface area contributed by atoms with Crippen LogP contribution in [0.25, 0.3) is 27.5 Å². The summed E-state index contributed by atoms with van der Waals surface area (Å²) in [7, 11) is -0.585. The number of carbonyl (C=O) groups excluding carboxylic acids is 2. The van der Waals surface area contributed by atoms with E-state index >= 15 is 0 Å². The molecule has 3 aromatic heterocycles. The topological polar surface area (TPSA) is 147 Å². The molecule has 0 saturated heterocycles. The maximum absolute atomic E-state index is 13.0. The lowest BCUT2D eigenvalue weighted by atomic mass is 9.95. The van der Waals surface area contributed by atoms with E-state index in [0.717, 1.165) is 28.0 Å². The number of hydrogen-bond acceptors (Lipinski definition) is 9. The molecule has 11 nitrogen and oxygen atoms in total. The van der Waals surface area contributed by atoms with Crippen molar-refractivity contribution >= 4 is 38.1 Å². The summed E-state index contributed by atoms with van der Waals surface area (Å²) in [6.45, 7) is -0.672. The third-order valence-corrected chi connectivity index (χ3v) is 8.22. The summed E-state index contributed by atoms with van der Waals surface area (Å²) in [4.78, 5) is 35.2. The van der Waals surface area contributed by atoms with Crippen molar-refractivity contribution in [2.75, 3.05) is 32.3 Å². The van der Waals surface area contributed by atoms with Gasteiger partial charge in [-0.2, -0.15) is 5.10 Å². The summed E-state index contributed by atoms with van der Waals surface area (Å²) in [5, 5.41) is 16.9. The molecule has 2 N–H and O–H groups in total. The van der Waals surface area contributed by atoms with Gasteiger partial charge < -0.3 is 10.0 Å². The second-order valence-electron chi connectivity index (χ2n) is 8.98. The van der Waals surface area contributed by atoms with Gasteiger partial charge in [-0.1, -0.05) is 11.3 Å². The number of aliphatic hydroxyl groups excluding tert-OH is 1. The molecular formula is C25H24N6O5S2. The molecule has 0 saturated carbocycles. The summed E-state index contributed by atoms with van der Waals surface area (Å²) in [5.41, 5.74) is 4.22. The summed E-state index contributed by atoms with van der Waals surface area (Å²) >= 11 is 1.22. The van der Waals surface area contributed by atoms with Crippen molar-refractivity contribution in [3.63, 3.8) is 0 Å². The molecule has 0 bridgehead atoms. The van der Waals surface area contributed by atoms with Crippen LogP contribution in [0.5, 0.6) is 0 Å². The Balaban J connectivity index is 1.78. The molecule has 1 aliphatic carbocycles. The smallest absolute Gasteiger partial charge is 0.253 e. The highest BCUT2D eigenvalue weighted by molar-refractivity contribution is 7.90. The van der Waals surface area contributed by atoms with Crippen molar-refractivity contribution in [1.82, 2.24) is 24.6 Å².